The van der Waals surface area contributed by atoms with E-state index in [4.69, 9.17) is 4.62 Å². The van der Waals surface area contributed by atoms with Crippen LogP contribution >= 0.6 is 6.83 Å². The van der Waals surface area contributed by atoms with Crippen molar-refractivity contribution in [1.29, 1.82) is 0 Å². The normalized spacial score (nSPS) is 13.4. The van der Waals surface area contributed by atoms with E-state index in [1.165, 1.54) is 70.6 Å². The predicted octanol–water partition coefficient (Wildman–Crippen LogP) is 7.42. The summed E-state index contributed by atoms with van der Waals surface area (Å²) in [6.07, 6.45) is 19.3. The van der Waals surface area contributed by atoms with Crippen LogP contribution in [0.4, 0.5) is 0 Å². The molecule has 0 radical (unpaired) electrons. The summed E-state index contributed by atoms with van der Waals surface area (Å²) in [5.74, 6) is 0. The molecule has 0 aliphatic carbocycles. The zero-order valence-electron chi connectivity index (χ0n) is 17.4. The molecular formula is C20H44NO3P. The number of hydrogen-bond donors (Lipinski definition) is 0. The fourth-order valence-corrected chi connectivity index (χ4v) is 8.02. The number of nitrogens with zero attached hydrogens (tertiary/aromatic N) is 1. The van der Waals surface area contributed by atoms with Crippen LogP contribution in [0.25, 0.3) is 0 Å². The van der Waals surface area contributed by atoms with Crippen molar-refractivity contribution in [1.82, 2.24) is 0 Å². The van der Waals surface area contributed by atoms with E-state index in [1.54, 1.807) is 0 Å². The second-order valence-corrected chi connectivity index (χ2v) is 13.9. The topological polar surface area (TPSA) is 52.4 Å². The number of rotatable bonds is 18. The van der Waals surface area contributed by atoms with E-state index in [0.717, 1.165) is 31.1 Å². The van der Waals surface area contributed by atoms with Crippen LogP contribution in [0.3, 0.4) is 0 Å². The Morgan fingerprint density at radius 3 is 1.36 bits per heavy atom. The zero-order chi connectivity index (χ0) is 19.0. The van der Waals surface area contributed by atoms with Crippen LogP contribution < -0.4 is 0 Å². The van der Waals surface area contributed by atoms with Crippen molar-refractivity contribution in [3.63, 3.8) is 0 Å². The van der Waals surface area contributed by atoms with Gasteiger partial charge in [0.05, 0.1) is 0 Å². The SMILES string of the molecule is CCCCCCCCCCCCCCP(CC)(CC)(CC)O[N+](=O)[O-]. The Bertz CT molecular complexity index is 335. The first-order chi connectivity index (χ1) is 12.0. The zero-order valence-corrected chi connectivity index (χ0v) is 18.3. The van der Waals surface area contributed by atoms with E-state index >= 15 is 0 Å². The van der Waals surface area contributed by atoms with Crippen LogP contribution in [0.2, 0.25) is 0 Å². The van der Waals surface area contributed by atoms with Crippen molar-refractivity contribution in [2.45, 2.75) is 105 Å². The van der Waals surface area contributed by atoms with Gasteiger partial charge in [-0.05, 0) is 0 Å². The van der Waals surface area contributed by atoms with Gasteiger partial charge in [-0.25, -0.2) is 0 Å². The van der Waals surface area contributed by atoms with Crippen LogP contribution in [0.15, 0.2) is 0 Å². The summed E-state index contributed by atoms with van der Waals surface area (Å²) >= 11 is 0. The molecule has 0 atom stereocenters. The Morgan fingerprint density at radius 1 is 0.680 bits per heavy atom. The van der Waals surface area contributed by atoms with Crippen molar-refractivity contribution in [2.75, 3.05) is 24.6 Å². The molecule has 0 saturated carbocycles. The fourth-order valence-electron chi connectivity index (χ4n) is 3.90. The monoisotopic (exact) mass is 377 g/mol. The first kappa shape index (κ1) is 24.6. The maximum atomic E-state index is 11.0. The third-order valence-electron chi connectivity index (χ3n) is 6.27. The summed E-state index contributed by atoms with van der Waals surface area (Å²) in [4.78, 5) is 11.0. The average molecular weight is 378 g/mol. The molecule has 0 rings (SSSR count). The van der Waals surface area contributed by atoms with Gasteiger partial charge in [-0.3, -0.25) is 0 Å². The first-order valence-corrected chi connectivity index (χ1v) is 13.7. The Morgan fingerprint density at radius 2 is 1.04 bits per heavy atom. The van der Waals surface area contributed by atoms with Gasteiger partial charge < -0.3 is 0 Å². The van der Waals surface area contributed by atoms with Gasteiger partial charge in [0, 0.05) is 0 Å². The molecular weight excluding hydrogens is 333 g/mol. The Labute approximate surface area is 156 Å². The molecule has 0 aliphatic heterocycles. The Hall–Kier alpha value is -0.370. The number of unbranched alkanes of at least 4 members (excludes halogenated alkanes) is 11. The van der Waals surface area contributed by atoms with Crippen molar-refractivity contribution >= 4 is 6.83 Å². The molecule has 0 fully saturated rings. The molecule has 0 saturated heterocycles. The molecule has 0 aromatic rings. The van der Waals surface area contributed by atoms with E-state index < -0.39 is 11.9 Å². The molecule has 4 nitrogen and oxygen atoms in total. The van der Waals surface area contributed by atoms with E-state index in [2.05, 4.69) is 27.7 Å². The van der Waals surface area contributed by atoms with Crippen molar-refractivity contribution in [2.24, 2.45) is 0 Å². The quantitative estimate of drug-likeness (QED) is 0.108. The van der Waals surface area contributed by atoms with Crippen LogP contribution in [0.1, 0.15) is 105 Å². The number of hydrogen-bond acceptors (Lipinski definition) is 3. The van der Waals surface area contributed by atoms with Gasteiger partial charge >= 0.3 is 143 Å². The van der Waals surface area contributed by atoms with Gasteiger partial charge in [0.25, 0.3) is 0 Å². The standard InChI is InChI=1S/C20H44NO3P/c1-5-9-10-11-12-13-14-15-16-17-18-19-20-25(6-2,7-3,8-4)24-21(22)23/h5-20H2,1-4H3. The molecule has 0 spiro atoms. The van der Waals surface area contributed by atoms with Gasteiger partial charge in [0.2, 0.25) is 0 Å². The van der Waals surface area contributed by atoms with Gasteiger partial charge in [-0.1, -0.05) is 13.3 Å². The summed E-state index contributed by atoms with van der Waals surface area (Å²) in [7, 11) is 0. The van der Waals surface area contributed by atoms with Gasteiger partial charge in [-0.2, -0.15) is 0 Å². The van der Waals surface area contributed by atoms with Crippen molar-refractivity contribution in [3.05, 3.63) is 10.1 Å². The maximum absolute atomic E-state index is 11.0. The minimum absolute atomic E-state index is 0.519. The summed E-state index contributed by atoms with van der Waals surface area (Å²) in [6.45, 7) is 5.89. The second kappa shape index (κ2) is 13.8. The first-order valence-electron chi connectivity index (χ1n) is 10.8. The molecule has 0 aliphatic rings. The van der Waals surface area contributed by atoms with E-state index in [0.29, 0.717) is 0 Å². The molecule has 0 amide bonds. The van der Waals surface area contributed by atoms with E-state index in [1.807, 2.05) is 0 Å². The summed E-state index contributed by atoms with van der Waals surface area (Å²) in [5.41, 5.74) is 0. The summed E-state index contributed by atoms with van der Waals surface area (Å²) in [5, 5.41) is 10.5. The van der Waals surface area contributed by atoms with Crippen LogP contribution in [-0.2, 0) is 4.62 Å². The third-order valence-corrected chi connectivity index (χ3v) is 13.1. The molecule has 152 valence electrons. The van der Waals surface area contributed by atoms with Crippen molar-refractivity contribution < 1.29 is 9.71 Å². The molecule has 25 heavy (non-hydrogen) atoms. The molecule has 0 bridgehead atoms. The van der Waals surface area contributed by atoms with Crippen molar-refractivity contribution in [3.8, 4) is 0 Å². The Balaban J connectivity index is 3.88. The molecule has 0 N–H and O–H groups in total. The summed E-state index contributed by atoms with van der Waals surface area (Å²) in [6, 6.07) is 0. The van der Waals surface area contributed by atoms with Gasteiger partial charge in [0.15, 0.2) is 0 Å². The van der Waals surface area contributed by atoms with Gasteiger partial charge in [0.1, 0.15) is 0 Å². The molecule has 5 heteroatoms. The van der Waals surface area contributed by atoms with Gasteiger partial charge in [-0.15, -0.1) is 0 Å². The van der Waals surface area contributed by atoms with Crippen LogP contribution in [-0.4, -0.2) is 29.7 Å². The van der Waals surface area contributed by atoms with E-state index in [9.17, 15) is 10.1 Å². The molecule has 0 unspecified atom stereocenters. The van der Waals surface area contributed by atoms with Crippen LogP contribution in [0, 0.1) is 10.1 Å². The molecule has 0 aromatic heterocycles. The minimum atomic E-state index is -2.61. The van der Waals surface area contributed by atoms with Crippen LogP contribution in [0.5, 0.6) is 0 Å². The molecule has 0 heterocycles. The third kappa shape index (κ3) is 9.78. The van der Waals surface area contributed by atoms with E-state index in [-0.39, 0.29) is 0 Å². The second-order valence-electron chi connectivity index (χ2n) is 7.72. The average Bonchev–Trinajstić information content (AvgIpc) is 2.61. The fraction of sp³-hybridized carbons (Fsp3) is 1.00. The Kier molecular flexibility index (Phi) is 13.6. The summed E-state index contributed by atoms with van der Waals surface area (Å²) < 4.78 is 5.43. The molecule has 0 aromatic carbocycles. The predicted molar refractivity (Wildman–Crippen MR) is 113 cm³/mol.